The van der Waals surface area contributed by atoms with Crippen molar-refractivity contribution in [1.29, 1.82) is 0 Å². The first-order valence-electron chi connectivity index (χ1n) is 8.96. The molecule has 3 aromatic rings. The molecule has 1 heterocycles. The van der Waals surface area contributed by atoms with Gasteiger partial charge in [-0.15, -0.1) is 0 Å². The Morgan fingerprint density at radius 3 is 2.33 bits per heavy atom. The number of aromatic amines is 1. The van der Waals surface area contributed by atoms with Gasteiger partial charge < -0.3 is 10.1 Å². The second-order valence-corrected chi connectivity index (χ2v) is 10.4. The van der Waals surface area contributed by atoms with E-state index >= 15 is 0 Å². The molecule has 1 aromatic heterocycles. The molecule has 2 aromatic carbocycles. The summed E-state index contributed by atoms with van der Waals surface area (Å²) in [5, 5.41) is 11.1. The zero-order chi connectivity index (χ0) is 20.1. The van der Waals surface area contributed by atoms with Gasteiger partial charge in [0.05, 0.1) is 21.5 Å². The number of rotatable bonds is 3. The van der Waals surface area contributed by atoms with Crippen LogP contribution in [-0.2, 0) is 15.3 Å². The molecule has 0 atom stereocenters. The van der Waals surface area contributed by atoms with Crippen LogP contribution < -0.4 is 0 Å². The van der Waals surface area contributed by atoms with Crippen LogP contribution in [0.25, 0.3) is 22.4 Å². The first-order chi connectivity index (χ1) is 12.4. The van der Waals surface area contributed by atoms with Crippen molar-refractivity contribution in [3.8, 4) is 17.1 Å². The van der Waals surface area contributed by atoms with Gasteiger partial charge in [0, 0.05) is 11.8 Å². The highest BCUT2D eigenvalue weighted by molar-refractivity contribution is 7.90. The molecule has 3 rings (SSSR count). The Bertz CT molecular complexity index is 1120. The lowest BCUT2D eigenvalue weighted by Gasteiger charge is -2.24. The zero-order valence-electron chi connectivity index (χ0n) is 16.6. The van der Waals surface area contributed by atoms with E-state index in [9.17, 15) is 13.5 Å². The number of phenolic OH excluding ortho intramolecular Hbond substituents is 1. The monoisotopic (exact) mass is 386 g/mol. The smallest absolute Gasteiger partial charge is 0.175 e. The van der Waals surface area contributed by atoms with Crippen molar-refractivity contribution in [2.24, 2.45) is 0 Å². The molecule has 0 aliphatic heterocycles. The van der Waals surface area contributed by atoms with Crippen molar-refractivity contribution in [2.75, 3.05) is 6.26 Å². The third-order valence-electron chi connectivity index (χ3n) is 4.76. The van der Waals surface area contributed by atoms with Crippen LogP contribution in [0, 0.1) is 0 Å². The standard InChI is InChI=1S/C21H26N2O3S/c1-12(2)14-8-9-15(21(3,4)5)19(24)18(14)20-22-16-10-7-13(27(6,25)26)11-17(16)23-20/h7-12,24H,1-6H3,(H,22,23). The van der Waals surface area contributed by atoms with Gasteiger partial charge >= 0.3 is 0 Å². The fraction of sp³-hybridized carbons (Fsp3) is 0.381. The molecule has 144 valence electrons. The average molecular weight is 387 g/mol. The number of aromatic hydroxyl groups is 1. The minimum Gasteiger partial charge on any atom is -0.507 e. The Kier molecular flexibility index (Phi) is 4.58. The summed E-state index contributed by atoms with van der Waals surface area (Å²) in [5.41, 5.74) is 3.58. The van der Waals surface area contributed by atoms with Gasteiger partial charge in [0.25, 0.3) is 0 Å². The zero-order valence-corrected chi connectivity index (χ0v) is 17.4. The molecule has 0 aliphatic carbocycles. The summed E-state index contributed by atoms with van der Waals surface area (Å²) >= 11 is 0. The fourth-order valence-electron chi connectivity index (χ4n) is 3.28. The second kappa shape index (κ2) is 6.37. The predicted octanol–water partition coefficient (Wildman–Crippen LogP) is 4.76. The van der Waals surface area contributed by atoms with Crippen molar-refractivity contribution < 1.29 is 13.5 Å². The number of H-pyrrole nitrogens is 1. The van der Waals surface area contributed by atoms with Crippen molar-refractivity contribution in [3.05, 3.63) is 41.5 Å². The van der Waals surface area contributed by atoms with Crippen LogP contribution in [0.1, 0.15) is 51.7 Å². The van der Waals surface area contributed by atoms with E-state index < -0.39 is 9.84 Å². The minimum absolute atomic E-state index is 0.194. The molecule has 0 radical (unpaired) electrons. The second-order valence-electron chi connectivity index (χ2n) is 8.37. The molecule has 6 heteroatoms. The number of hydrogen-bond donors (Lipinski definition) is 2. The molecule has 0 bridgehead atoms. The number of nitrogens with zero attached hydrogens (tertiary/aromatic N) is 1. The maximum absolute atomic E-state index is 11.8. The summed E-state index contributed by atoms with van der Waals surface area (Å²) in [6, 6.07) is 8.84. The van der Waals surface area contributed by atoms with Gasteiger partial charge in [-0.1, -0.05) is 46.8 Å². The highest BCUT2D eigenvalue weighted by atomic mass is 32.2. The van der Waals surface area contributed by atoms with Crippen molar-refractivity contribution in [3.63, 3.8) is 0 Å². The summed E-state index contributed by atoms with van der Waals surface area (Å²) in [6.07, 6.45) is 1.18. The lowest BCUT2D eigenvalue weighted by molar-refractivity contribution is 0.447. The van der Waals surface area contributed by atoms with Crippen molar-refractivity contribution >= 4 is 20.9 Å². The van der Waals surface area contributed by atoms with E-state index in [1.807, 2.05) is 12.1 Å². The summed E-state index contributed by atoms with van der Waals surface area (Å²) in [4.78, 5) is 8.07. The first kappa shape index (κ1) is 19.4. The molecule has 0 spiro atoms. The summed E-state index contributed by atoms with van der Waals surface area (Å²) in [7, 11) is -3.31. The normalized spacial score (nSPS) is 12.9. The molecule has 0 aliphatic rings. The van der Waals surface area contributed by atoms with Crippen LogP contribution in [0.4, 0.5) is 0 Å². The van der Waals surface area contributed by atoms with Crippen LogP contribution >= 0.6 is 0 Å². The number of imidazole rings is 1. The third kappa shape index (κ3) is 3.58. The van der Waals surface area contributed by atoms with Gasteiger partial charge in [0.1, 0.15) is 11.6 Å². The van der Waals surface area contributed by atoms with E-state index in [0.29, 0.717) is 16.9 Å². The lowest BCUT2D eigenvalue weighted by atomic mass is 9.82. The fourth-order valence-corrected chi connectivity index (χ4v) is 3.92. The quantitative estimate of drug-likeness (QED) is 0.680. The summed E-state index contributed by atoms with van der Waals surface area (Å²) in [6.45, 7) is 10.3. The predicted molar refractivity (Wildman–Crippen MR) is 109 cm³/mol. The van der Waals surface area contributed by atoms with Crippen LogP contribution in [0.5, 0.6) is 5.75 Å². The SMILES string of the molecule is CC(C)c1ccc(C(C)(C)C)c(O)c1-c1nc2cc(S(C)(=O)=O)ccc2[nH]1. The molecule has 0 amide bonds. The highest BCUT2D eigenvalue weighted by Crippen LogP contribution is 2.42. The third-order valence-corrected chi connectivity index (χ3v) is 5.87. The van der Waals surface area contributed by atoms with Gasteiger partial charge in [-0.3, -0.25) is 0 Å². The number of sulfone groups is 1. The molecular formula is C21H26N2O3S. The highest BCUT2D eigenvalue weighted by Gasteiger charge is 2.25. The van der Waals surface area contributed by atoms with E-state index in [1.54, 1.807) is 18.2 Å². The molecule has 0 saturated heterocycles. The van der Waals surface area contributed by atoms with Gasteiger partial charge in [-0.25, -0.2) is 13.4 Å². The Labute approximate surface area is 160 Å². The molecule has 0 fully saturated rings. The maximum Gasteiger partial charge on any atom is 0.175 e. The number of fused-ring (bicyclic) bond motifs is 1. The molecule has 5 nitrogen and oxygen atoms in total. The van der Waals surface area contributed by atoms with Gasteiger partial charge in [-0.05, 0) is 35.1 Å². The van der Waals surface area contributed by atoms with E-state index in [2.05, 4.69) is 44.6 Å². The Morgan fingerprint density at radius 1 is 1.11 bits per heavy atom. The van der Waals surface area contributed by atoms with Gasteiger partial charge in [0.2, 0.25) is 0 Å². The number of hydrogen-bond acceptors (Lipinski definition) is 4. The largest absolute Gasteiger partial charge is 0.507 e. The average Bonchev–Trinajstić information content (AvgIpc) is 2.94. The van der Waals surface area contributed by atoms with Crippen LogP contribution in [0.2, 0.25) is 0 Å². The molecule has 27 heavy (non-hydrogen) atoms. The first-order valence-corrected chi connectivity index (χ1v) is 10.9. The van der Waals surface area contributed by atoms with Crippen molar-refractivity contribution in [1.82, 2.24) is 9.97 Å². The van der Waals surface area contributed by atoms with E-state index in [4.69, 9.17) is 0 Å². The number of aromatic nitrogens is 2. The number of benzene rings is 2. The topological polar surface area (TPSA) is 83.1 Å². The van der Waals surface area contributed by atoms with Crippen LogP contribution in [0.3, 0.4) is 0 Å². The Hall–Kier alpha value is -2.34. The van der Waals surface area contributed by atoms with Crippen molar-refractivity contribution in [2.45, 2.75) is 50.8 Å². The Morgan fingerprint density at radius 2 is 1.78 bits per heavy atom. The molecular weight excluding hydrogens is 360 g/mol. The summed E-state index contributed by atoms with van der Waals surface area (Å²) in [5.74, 6) is 0.957. The van der Waals surface area contributed by atoms with Crippen LogP contribution in [-0.4, -0.2) is 29.7 Å². The van der Waals surface area contributed by atoms with Gasteiger partial charge in [-0.2, -0.15) is 0 Å². The number of phenols is 1. The lowest BCUT2D eigenvalue weighted by Crippen LogP contribution is -2.12. The van der Waals surface area contributed by atoms with Crippen LogP contribution in [0.15, 0.2) is 35.2 Å². The molecule has 2 N–H and O–H groups in total. The summed E-state index contributed by atoms with van der Waals surface area (Å²) < 4.78 is 23.7. The van der Waals surface area contributed by atoms with E-state index in [-0.39, 0.29) is 22.0 Å². The maximum atomic E-state index is 11.8. The minimum atomic E-state index is -3.31. The molecule has 0 unspecified atom stereocenters. The van der Waals surface area contributed by atoms with E-state index in [0.717, 1.165) is 16.6 Å². The molecule has 0 saturated carbocycles. The Balaban J connectivity index is 2.29. The van der Waals surface area contributed by atoms with Gasteiger partial charge in [0.15, 0.2) is 9.84 Å². The number of nitrogens with one attached hydrogen (secondary N) is 1. The van der Waals surface area contributed by atoms with E-state index in [1.165, 1.54) is 6.26 Å².